The lowest BCUT2D eigenvalue weighted by Crippen LogP contribution is -2.13. The third-order valence-corrected chi connectivity index (χ3v) is 6.46. The maximum absolute atomic E-state index is 12.7. The number of carbonyl (C=O) groups is 1. The van der Waals surface area contributed by atoms with Crippen LogP contribution < -0.4 is 14.8 Å². The minimum absolute atomic E-state index is 0.0577. The van der Waals surface area contributed by atoms with E-state index in [1.807, 2.05) is 49.4 Å². The predicted octanol–water partition coefficient (Wildman–Crippen LogP) is 7.50. The number of ether oxygens (including phenoxy) is 2. The Morgan fingerprint density at radius 2 is 1.84 bits per heavy atom. The minimum Gasteiger partial charge on any atom is -0.493 e. The van der Waals surface area contributed by atoms with Crippen molar-refractivity contribution in [2.45, 2.75) is 26.9 Å². The van der Waals surface area contributed by atoms with Gasteiger partial charge in [0.05, 0.1) is 12.1 Å². The van der Waals surface area contributed by atoms with Crippen molar-refractivity contribution in [2.24, 2.45) is 0 Å². The number of carbonyl (C=O) groups excluding carboxylic acids is 1. The Hall–Kier alpha value is -4.27. The van der Waals surface area contributed by atoms with Gasteiger partial charge in [0, 0.05) is 11.3 Å². The van der Waals surface area contributed by atoms with Crippen LogP contribution in [0.3, 0.4) is 0 Å². The highest BCUT2D eigenvalue weighted by Gasteiger charge is 2.16. The number of halogens is 1. The third kappa shape index (κ3) is 5.94. The van der Waals surface area contributed by atoms with E-state index in [1.54, 1.807) is 12.1 Å². The normalized spacial score (nSPS) is 11.2. The SMILES string of the molecule is CCc1ccc(NC(=O)/C(C#N)=C/c2cc(Cl)c(OCc3c(C)ccc4ccccc34)c(OC)c2)cc1. The highest BCUT2D eigenvalue weighted by Crippen LogP contribution is 2.38. The topological polar surface area (TPSA) is 71.4 Å². The molecule has 5 nitrogen and oxygen atoms in total. The molecule has 0 atom stereocenters. The molecular formula is C31H27ClN2O3. The Kier molecular flexibility index (Phi) is 8.12. The molecule has 0 aliphatic heterocycles. The molecule has 4 aromatic rings. The van der Waals surface area contributed by atoms with Crippen LogP contribution in [0.15, 0.2) is 78.4 Å². The van der Waals surface area contributed by atoms with Crippen molar-refractivity contribution in [1.82, 2.24) is 0 Å². The van der Waals surface area contributed by atoms with E-state index in [2.05, 4.69) is 36.5 Å². The summed E-state index contributed by atoms with van der Waals surface area (Å²) in [5.41, 5.74) is 4.44. The number of methoxy groups -OCH3 is 1. The number of nitrogens with one attached hydrogen (secondary N) is 1. The lowest BCUT2D eigenvalue weighted by atomic mass is 10.0. The average Bonchev–Trinajstić information content (AvgIpc) is 2.92. The van der Waals surface area contributed by atoms with Crippen LogP contribution >= 0.6 is 11.6 Å². The van der Waals surface area contributed by atoms with Gasteiger partial charge in [-0.2, -0.15) is 5.26 Å². The highest BCUT2D eigenvalue weighted by molar-refractivity contribution is 6.32. The maximum atomic E-state index is 12.7. The summed E-state index contributed by atoms with van der Waals surface area (Å²) in [5, 5.41) is 14.9. The molecule has 6 heteroatoms. The number of rotatable bonds is 8. The molecule has 1 N–H and O–H groups in total. The Labute approximate surface area is 221 Å². The van der Waals surface area contributed by atoms with Gasteiger partial charge in [0.15, 0.2) is 11.5 Å². The first-order valence-corrected chi connectivity index (χ1v) is 12.3. The number of benzene rings is 4. The monoisotopic (exact) mass is 510 g/mol. The van der Waals surface area contributed by atoms with Gasteiger partial charge < -0.3 is 14.8 Å². The van der Waals surface area contributed by atoms with E-state index < -0.39 is 5.91 Å². The molecule has 186 valence electrons. The molecule has 0 saturated heterocycles. The number of anilines is 1. The van der Waals surface area contributed by atoms with Gasteiger partial charge in [0.2, 0.25) is 0 Å². The molecule has 4 rings (SSSR count). The molecule has 0 aliphatic rings. The fourth-order valence-corrected chi connectivity index (χ4v) is 4.36. The van der Waals surface area contributed by atoms with Gasteiger partial charge in [0.1, 0.15) is 18.2 Å². The van der Waals surface area contributed by atoms with Crippen molar-refractivity contribution in [3.8, 4) is 17.6 Å². The lowest BCUT2D eigenvalue weighted by Gasteiger charge is -2.16. The molecule has 0 heterocycles. The molecule has 0 spiro atoms. The molecule has 0 saturated carbocycles. The van der Waals surface area contributed by atoms with Gasteiger partial charge in [-0.1, -0.05) is 67.1 Å². The number of nitrogens with zero attached hydrogens (tertiary/aromatic N) is 1. The van der Waals surface area contributed by atoms with Crippen molar-refractivity contribution in [2.75, 3.05) is 12.4 Å². The molecule has 0 fully saturated rings. The second-order valence-corrected chi connectivity index (χ2v) is 8.99. The first-order valence-electron chi connectivity index (χ1n) is 11.9. The summed E-state index contributed by atoms with van der Waals surface area (Å²) in [6.07, 6.45) is 2.38. The fraction of sp³-hybridized carbons (Fsp3) is 0.161. The molecule has 0 aromatic heterocycles. The molecular weight excluding hydrogens is 484 g/mol. The zero-order chi connectivity index (χ0) is 26.4. The highest BCUT2D eigenvalue weighted by atomic mass is 35.5. The summed E-state index contributed by atoms with van der Waals surface area (Å²) >= 11 is 6.58. The van der Waals surface area contributed by atoms with Gasteiger partial charge in [0.25, 0.3) is 5.91 Å². The molecule has 37 heavy (non-hydrogen) atoms. The van der Waals surface area contributed by atoms with Crippen LogP contribution in [0.2, 0.25) is 5.02 Å². The van der Waals surface area contributed by atoms with Crippen LogP contribution in [0.4, 0.5) is 5.69 Å². The smallest absolute Gasteiger partial charge is 0.266 e. The van der Waals surface area contributed by atoms with Crippen LogP contribution in [0.25, 0.3) is 16.8 Å². The van der Waals surface area contributed by atoms with Crippen molar-refractivity contribution in [1.29, 1.82) is 5.26 Å². The Bertz CT molecular complexity index is 1520. The van der Waals surface area contributed by atoms with E-state index >= 15 is 0 Å². The van der Waals surface area contributed by atoms with Gasteiger partial charge in [-0.05, 0) is 71.1 Å². The van der Waals surface area contributed by atoms with Crippen LogP contribution in [-0.2, 0) is 17.8 Å². The Morgan fingerprint density at radius 1 is 1.08 bits per heavy atom. The first-order chi connectivity index (χ1) is 17.9. The van der Waals surface area contributed by atoms with Crippen LogP contribution in [0.5, 0.6) is 11.5 Å². The van der Waals surface area contributed by atoms with E-state index in [0.717, 1.165) is 33.9 Å². The van der Waals surface area contributed by atoms with Crippen LogP contribution in [0.1, 0.15) is 29.2 Å². The first kappa shape index (κ1) is 25.8. The number of aryl methyl sites for hydroxylation is 2. The van der Waals surface area contributed by atoms with Crippen LogP contribution in [-0.4, -0.2) is 13.0 Å². The van der Waals surface area contributed by atoms with Crippen molar-refractivity contribution in [3.63, 3.8) is 0 Å². The van der Waals surface area contributed by atoms with Gasteiger partial charge in [-0.25, -0.2) is 0 Å². The van der Waals surface area contributed by atoms with Crippen molar-refractivity contribution in [3.05, 3.63) is 106 Å². The number of nitriles is 1. The summed E-state index contributed by atoms with van der Waals surface area (Å²) in [4.78, 5) is 12.7. The number of hydrogen-bond donors (Lipinski definition) is 1. The molecule has 0 radical (unpaired) electrons. The molecule has 4 aromatic carbocycles. The van der Waals surface area contributed by atoms with E-state index in [0.29, 0.717) is 34.4 Å². The molecule has 0 unspecified atom stereocenters. The summed E-state index contributed by atoms with van der Waals surface area (Å²) in [6, 6.07) is 25.1. The van der Waals surface area contributed by atoms with Crippen LogP contribution in [0, 0.1) is 18.3 Å². The lowest BCUT2D eigenvalue weighted by molar-refractivity contribution is -0.112. The minimum atomic E-state index is -0.506. The van der Waals surface area contributed by atoms with Gasteiger partial charge in [-0.15, -0.1) is 0 Å². The van der Waals surface area contributed by atoms with Gasteiger partial charge >= 0.3 is 0 Å². The summed E-state index contributed by atoms with van der Waals surface area (Å²) in [7, 11) is 1.52. The molecule has 1 amide bonds. The Morgan fingerprint density at radius 3 is 2.54 bits per heavy atom. The largest absolute Gasteiger partial charge is 0.493 e. The number of fused-ring (bicyclic) bond motifs is 1. The average molecular weight is 511 g/mol. The second kappa shape index (κ2) is 11.6. The summed E-state index contributed by atoms with van der Waals surface area (Å²) in [6.45, 7) is 4.41. The fourth-order valence-electron chi connectivity index (χ4n) is 4.08. The molecule has 0 aliphatic carbocycles. The van der Waals surface area contributed by atoms with Crippen molar-refractivity contribution < 1.29 is 14.3 Å². The van der Waals surface area contributed by atoms with E-state index in [1.165, 1.54) is 13.2 Å². The van der Waals surface area contributed by atoms with Crippen molar-refractivity contribution >= 4 is 40.0 Å². The van der Waals surface area contributed by atoms with E-state index in [4.69, 9.17) is 21.1 Å². The zero-order valence-corrected chi connectivity index (χ0v) is 21.7. The predicted molar refractivity (Wildman–Crippen MR) is 149 cm³/mol. The summed E-state index contributed by atoms with van der Waals surface area (Å²) in [5.74, 6) is 0.297. The zero-order valence-electron chi connectivity index (χ0n) is 21.0. The number of hydrogen-bond acceptors (Lipinski definition) is 4. The third-order valence-electron chi connectivity index (χ3n) is 6.18. The van der Waals surface area contributed by atoms with E-state index in [-0.39, 0.29) is 5.57 Å². The number of amides is 1. The maximum Gasteiger partial charge on any atom is 0.266 e. The Balaban J connectivity index is 1.57. The molecule has 0 bridgehead atoms. The van der Waals surface area contributed by atoms with Gasteiger partial charge in [-0.3, -0.25) is 4.79 Å². The quantitative estimate of drug-likeness (QED) is 0.197. The second-order valence-electron chi connectivity index (χ2n) is 8.58. The standard InChI is InChI=1S/C31H27ClN2O3/c1-4-21-10-13-25(14-11-21)34-31(35)24(18-33)15-22-16-28(32)30(29(17-22)36-3)37-19-27-20(2)9-12-23-7-5-6-8-26(23)27/h5-17H,4,19H2,1-3H3,(H,34,35)/b24-15+. The van der Waals surface area contributed by atoms with E-state index in [9.17, 15) is 10.1 Å². The summed E-state index contributed by atoms with van der Waals surface area (Å²) < 4.78 is 11.7.